The van der Waals surface area contributed by atoms with Crippen molar-refractivity contribution < 1.29 is 24.5 Å². The molecule has 20 heavy (non-hydrogen) atoms. The third kappa shape index (κ3) is 5.86. The lowest BCUT2D eigenvalue weighted by Crippen LogP contribution is -2.06. The first-order valence-corrected chi connectivity index (χ1v) is 5.89. The van der Waals surface area contributed by atoms with Crippen LogP contribution in [-0.4, -0.2) is 22.2 Å². The molecule has 108 valence electrons. The molecule has 0 aromatic heterocycles. The molecule has 0 amide bonds. The van der Waals surface area contributed by atoms with Crippen LogP contribution in [0.1, 0.15) is 40.1 Å². The van der Waals surface area contributed by atoms with E-state index in [1.54, 1.807) is 12.5 Å². The van der Waals surface area contributed by atoms with E-state index in [0.717, 1.165) is 0 Å². The number of benzene rings is 1. The Bertz CT molecular complexity index is 473. The van der Waals surface area contributed by atoms with E-state index in [9.17, 15) is 9.59 Å². The zero-order chi connectivity index (χ0) is 15.5. The molecule has 0 fully saturated rings. The summed E-state index contributed by atoms with van der Waals surface area (Å²) in [4.78, 5) is 21.2. The molecule has 0 saturated carbocycles. The molecule has 0 aliphatic rings. The molecule has 5 heteroatoms. The maximum Gasteiger partial charge on any atom is 0.335 e. The third-order valence-corrected chi connectivity index (χ3v) is 2.22. The number of rotatable bonds is 4. The number of hydrogen-bond acceptors (Lipinski definition) is 3. The van der Waals surface area contributed by atoms with Crippen molar-refractivity contribution in [1.29, 1.82) is 0 Å². The normalized spacial score (nSPS) is 10.2. The molecule has 0 bridgehead atoms. The van der Waals surface area contributed by atoms with E-state index >= 15 is 0 Å². The average Bonchev–Trinajstić information content (AvgIpc) is 2.39. The molecule has 0 unspecified atom stereocenters. The maximum absolute atomic E-state index is 10.6. The Hall–Kier alpha value is -2.56. The van der Waals surface area contributed by atoms with Gasteiger partial charge < -0.3 is 14.9 Å². The Balaban J connectivity index is 0.000000441. The second kappa shape index (κ2) is 9.38. The molecule has 1 rings (SSSR count). The van der Waals surface area contributed by atoms with E-state index in [1.807, 2.05) is 26.0 Å². The zero-order valence-corrected chi connectivity index (χ0v) is 11.7. The first-order valence-electron chi connectivity index (χ1n) is 5.89. The number of carboxylic acids is 2. The van der Waals surface area contributed by atoms with Crippen molar-refractivity contribution >= 4 is 11.9 Å². The molecule has 0 heterocycles. The minimum atomic E-state index is -1.11. The number of allylic oxidation sites excluding steroid dienone is 2. The van der Waals surface area contributed by atoms with Crippen LogP contribution >= 0.6 is 0 Å². The van der Waals surface area contributed by atoms with Crippen LogP contribution in [0.3, 0.4) is 0 Å². The molecule has 0 radical (unpaired) electrons. The molecule has 0 aliphatic heterocycles. The van der Waals surface area contributed by atoms with Gasteiger partial charge in [-0.25, -0.2) is 9.59 Å². The third-order valence-electron chi connectivity index (χ3n) is 2.22. The Labute approximate surface area is 117 Å². The summed E-state index contributed by atoms with van der Waals surface area (Å²) in [5, 5.41) is 17.4. The first-order chi connectivity index (χ1) is 9.45. The molecule has 1 aromatic carbocycles. The van der Waals surface area contributed by atoms with Gasteiger partial charge in [-0.15, -0.1) is 0 Å². The fourth-order valence-corrected chi connectivity index (χ4v) is 1.30. The second-order valence-electron chi connectivity index (χ2n) is 3.66. The van der Waals surface area contributed by atoms with Gasteiger partial charge in [-0.1, -0.05) is 18.2 Å². The number of ether oxygens (including phenoxy) is 1. The first kappa shape index (κ1) is 17.4. The molecule has 1 aromatic rings. The van der Waals surface area contributed by atoms with Crippen LogP contribution in [0.25, 0.3) is 0 Å². The van der Waals surface area contributed by atoms with Gasteiger partial charge in [0.05, 0.1) is 23.7 Å². The van der Waals surface area contributed by atoms with Gasteiger partial charge in [-0.2, -0.15) is 0 Å². The molecule has 2 N–H and O–H groups in total. The Morgan fingerprint density at radius 3 is 1.70 bits per heavy atom. The largest absolute Gasteiger partial charge is 0.478 e. The average molecular weight is 278 g/mol. The standard InChI is InChI=1S/C9H8O4.C6H10O/c1-5-6(8(10)11)3-2-4-7(5)9(12)13;1-3-5-7-6-4-2/h2-4H,1H3,(H,10,11)(H,12,13);3-6H,1-2H3. The maximum atomic E-state index is 10.6. The summed E-state index contributed by atoms with van der Waals surface area (Å²) >= 11 is 0. The van der Waals surface area contributed by atoms with Crippen molar-refractivity contribution in [2.75, 3.05) is 0 Å². The lowest BCUT2D eigenvalue weighted by atomic mass is 10.0. The van der Waals surface area contributed by atoms with E-state index in [0.29, 0.717) is 0 Å². The summed E-state index contributed by atoms with van der Waals surface area (Å²) < 4.78 is 4.77. The fraction of sp³-hybridized carbons (Fsp3) is 0.200. The Morgan fingerprint density at radius 1 is 1.00 bits per heavy atom. The lowest BCUT2D eigenvalue weighted by molar-refractivity contribution is 0.0696. The zero-order valence-electron chi connectivity index (χ0n) is 11.7. The summed E-state index contributed by atoms with van der Waals surface area (Å²) in [5.41, 5.74) is 0.335. The smallest absolute Gasteiger partial charge is 0.335 e. The van der Waals surface area contributed by atoms with E-state index in [-0.39, 0.29) is 16.7 Å². The minimum Gasteiger partial charge on any atom is -0.478 e. The highest BCUT2D eigenvalue weighted by Crippen LogP contribution is 2.13. The molecule has 0 atom stereocenters. The quantitative estimate of drug-likeness (QED) is 0.824. The van der Waals surface area contributed by atoms with Crippen LogP contribution in [0.2, 0.25) is 0 Å². The van der Waals surface area contributed by atoms with Crippen LogP contribution in [0.5, 0.6) is 0 Å². The molecule has 0 saturated heterocycles. The molecular weight excluding hydrogens is 260 g/mol. The van der Waals surface area contributed by atoms with Gasteiger partial charge in [0.1, 0.15) is 0 Å². The number of carboxylic acid groups (broad SMARTS) is 2. The van der Waals surface area contributed by atoms with E-state index in [2.05, 4.69) is 0 Å². The van der Waals surface area contributed by atoms with Gasteiger partial charge in [0.2, 0.25) is 0 Å². The molecule has 0 spiro atoms. The van der Waals surface area contributed by atoms with Crippen LogP contribution < -0.4 is 0 Å². The van der Waals surface area contributed by atoms with Crippen molar-refractivity contribution in [3.63, 3.8) is 0 Å². The van der Waals surface area contributed by atoms with Gasteiger partial charge in [-0.3, -0.25) is 0 Å². The predicted octanol–water partition coefficient (Wildman–Crippen LogP) is 3.46. The fourth-order valence-electron chi connectivity index (χ4n) is 1.30. The molecule has 5 nitrogen and oxygen atoms in total. The SMILES string of the molecule is CC=COC=CC.Cc1c(C(=O)O)cccc1C(=O)O. The topological polar surface area (TPSA) is 83.8 Å². The van der Waals surface area contributed by atoms with Crippen molar-refractivity contribution in [1.82, 2.24) is 0 Å². The second-order valence-corrected chi connectivity index (χ2v) is 3.66. The van der Waals surface area contributed by atoms with Gasteiger partial charge in [0.15, 0.2) is 0 Å². The number of carbonyl (C=O) groups is 2. The van der Waals surface area contributed by atoms with Gasteiger partial charge in [0, 0.05) is 0 Å². The highest BCUT2D eigenvalue weighted by atomic mass is 16.5. The molecular formula is C15H18O5. The Kier molecular flexibility index (Phi) is 8.18. The lowest BCUT2D eigenvalue weighted by Gasteiger charge is -2.03. The highest BCUT2D eigenvalue weighted by Gasteiger charge is 2.13. The summed E-state index contributed by atoms with van der Waals surface area (Å²) in [6, 6.07) is 4.17. The molecule has 0 aliphatic carbocycles. The van der Waals surface area contributed by atoms with E-state index in [4.69, 9.17) is 14.9 Å². The van der Waals surface area contributed by atoms with Crippen molar-refractivity contribution in [3.05, 3.63) is 59.6 Å². The van der Waals surface area contributed by atoms with Crippen molar-refractivity contribution in [2.45, 2.75) is 20.8 Å². The summed E-state index contributed by atoms with van der Waals surface area (Å²) in [6.45, 7) is 5.29. The van der Waals surface area contributed by atoms with Crippen LogP contribution in [0.4, 0.5) is 0 Å². The van der Waals surface area contributed by atoms with E-state index < -0.39 is 11.9 Å². The van der Waals surface area contributed by atoms with Crippen molar-refractivity contribution in [2.24, 2.45) is 0 Å². The summed E-state index contributed by atoms with van der Waals surface area (Å²) in [5.74, 6) is -2.22. The van der Waals surface area contributed by atoms with Gasteiger partial charge >= 0.3 is 11.9 Å². The van der Waals surface area contributed by atoms with Crippen LogP contribution in [0, 0.1) is 6.92 Å². The highest BCUT2D eigenvalue weighted by molar-refractivity contribution is 5.96. The monoisotopic (exact) mass is 278 g/mol. The minimum absolute atomic E-state index is 0.0277. The summed E-state index contributed by atoms with van der Waals surface area (Å²) in [7, 11) is 0. The summed E-state index contributed by atoms with van der Waals surface area (Å²) in [6.07, 6.45) is 6.92. The number of hydrogen-bond donors (Lipinski definition) is 2. The van der Waals surface area contributed by atoms with Gasteiger partial charge in [0.25, 0.3) is 0 Å². The number of aromatic carboxylic acids is 2. The van der Waals surface area contributed by atoms with Crippen LogP contribution in [0.15, 0.2) is 42.9 Å². The van der Waals surface area contributed by atoms with Gasteiger partial charge in [-0.05, 0) is 38.5 Å². The van der Waals surface area contributed by atoms with Crippen LogP contribution in [-0.2, 0) is 4.74 Å². The Morgan fingerprint density at radius 2 is 1.40 bits per heavy atom. The van der Waals surface area contributed by atoms with Crippen molar-refractivity contribution in [3.8, 4) is 0 Å². The predicted molar refractivity (Wildman–Crippen MR) is 75.8 cm³/mol. The van der Waals surface area contributed by atoms with E-state index in [1.165, 1.54) is 25.1 Å².